The third kappa shape index (κ3) is 2.76. The number of ether oxygens (including phenoxy) is 1. The molecule has 1 aliphatic heterocycles. The summed E-state index contributed by atoms with van der Waals surface area (Å²) in [5.41, 5.74) is 0. The number of ketones is 1. The third-order valence-electron chi connectivity index (χ3n) is 2.09. The van der Waals surface area contributed by atoms with Crippen molar-refractivity contribution in [3.05, 3.63) is 30.3 Å². The van der Waals surface area contributed by atoms with Gasteiger partial charge in [-0.05, 0) is 12.1 Å². The number of amides is 1. The predicted octanol–water partition coefficient (Wildman–Crippen LogP) is 0.824. The second-order valence-electron chi connectivity index (χ2n) is 3.33. The molecule has 4 nitrogen and oxygen atoms in total. The van der Waals surface area contributed by atoms with Gasteiger partial charge < -0.3 is 10.1 Å². The Morgan fingerprint density at radius 1 is 1.44 bits per heavy atom. The van der Waals surface area contributed by atoms with Gasteiger partial charge in [0.15, 0.2) is 0 Å². The van der Waals surface area contributed by atoms with E-state index in [-0.39, 0.29) is 18.3 Å². The molecule has 0 aromatic heterocycles. The number of thioether (sulfide) groups is 1. The summed E-state index contributed by atoms with van der Waals surface area (Å²) in [7, 11) is 0. The van der Waals surface area contributed by atoms with Gasteiger partial charge in [0, 0.05) is 0 Å². The maximum atomic E-state index is 11.6. The van der Waals surface area contributed by atoms with Crippen molar-refractivity contribution in [2.24, 2.45) is 0 Å². The summed E-state index contributed by atoms with van der Waals surface area (Å²) in [6.07, 6.45) is 0. The first-order chi connectivity index (χ1) is 7.75. The first-order valence-electron chi connectivity index (χ1n) is 4.87. The summed E-state index contributed by atoms with van der Waals surface area (Å²) < 4.78 is 5.30. The Morgan fingerprint density at radius 2 is 2.19 bits per heavy atom. The number of Topliss-reactive ketones (excluding diaryl/α,β-unsaturated/α-hetero) is 1. The molecule has 0 saturated carbocycles. The molecule has 16 heavy (non-hydrogen) atoms. The summed E-state index contributed by atoms with van der Waals surface area (Å²) in [4.78, 5) is 22.5. The van der Waals surface area contributed by atoms with Crippen molar-refractivity contribution >= 4 is 23.5 Å². The summed E-state index contributed by atoms with van der Waals surface area (Å²) in [5, 5.41) is 2.14. The second kappa shape index (κ2) is 5.03. The Morgan fingerprint density at radius 3 is 2.81 bits per heavy atom. The molecule has 1 atom stereocenters. The van der Waals surface area contributed by atoms with Crippen LogP contribution in [0, 0.1) is 0 Å². The fraction of sp³-hybridized carbons (Fsp3) is 0.273. The first-order valence-corrected chi connectivity index (χ1v) is 5.92. The Bertz CT molecular complexity index is 393. The molecule has 1 heterocycles. The average molecular weight is 237 g/mol. The molecule has 1 unspecified atom stereocenters. The smallest absolute Gasteiger partial charge is 0.231 e. The van der Waals surface area contributed by atoms with Crippen molar-refractivity contribution in [1.82, 2.24) is 5.32 Å². The van der Waals surface area contributed by atoms with Crippen LogP contribution in [0.1, 0.15) is 0 Å². The highest BCUT2D eigenvalue weighted by atomic mass is 32.2. The number of hydrogen-bond donors (Lipinski definition) is 1. The fourth-order valence-corrected chi connectivity index (χ4v) is 2.18. The van der Waals surface area contributed by atoms with Gasteiger partial charge in [-0.15, -0.1) is 11.8 Å². The normalized spacial score (nSPS) is 19.2. The zero-order chi connectivity index (χ0) is 11.4. The highest BCUT2D eigenvalue weighted by molar-refractivity contribution is 8.01. The van der Waals surface area contributed by atoms with E-state index in [9.17, 15) is 9.59 Å². The van der Waals surface area contributed by atoms with Crippen LogP contribution in [0.2, 0.25) is 0 Å². The second-order valence-corrected chi connectivity index (χ2v) is 4.42. The SMILES string of the molecule is O=C1CSC(C(=O)COc2ccccc2)N1. The number of hydrogen-bond acceptors (Lipinski definition) is 4. The Labute approximate surface area is 97.4 Å². The molecule has 1 aromatic rings. The van der Waals surface area contributed by atoms with Gasteiger partial charge >= 0.3 is 0 Å². The van der Waals surface area contributed by atoms with Gasteiger partial charge in [-0.3, -0.25) is 9.59 Å². The van der Waals surface area contributed by atoms with Gasteiger partial charge in [-0.2, -0.15) is 0 Å². The summed E-state index contributed by atoms with van der Waals surface area (Å²) in [5.74, 6) is 0.801. The van der Waals surface area contributed by atoms with Crippen molar-refractivity contribution in [3.63, 3.8) is 0 Å². The molecule has 1 aliphatic rings. The molecule has 0 spiro atoms. The van der Waals surface area contributed by atoms with E-state index in [1.807, 2.05) is 18.2 Å². The van der Waals surface area contributed by atoms with Crippen molar-refractivity contribution in [2.75, 3.05) is 12.4 Å². The predicted molar refractivity (Wildman–Crippen MR) is 61.3 cm³/mol. The molecule has 1 saturated heterocycles. The molecular formula is C11H11NO3S. The number of para-hydroxylation sites is 1. The third-order valence-corrected chi connectivity index (χ3v) is 3.23. The maximum absolute atomic E-state index is 11.6. The van der Waals surface area contributed by atoms with E-state index in [1.165, 1.54) is 11.8 Å². The number of rotatable bonds is 4. The van der Waals surface area contributed by atoms with Crippen LogP contribution in [0.4, 0.5) is 0 Å². The van der Waals surface area contributed by atoms with Crippen molar-refractivity contribution in [2.45, 2.75) is 5.37 Å². The van der Waals surface area contributed by atoms with E-state index in [0.29, 0.717) is 11.5 Å². The summed E-state index contributed by atoms with van der Waals surface area (Å²) in [6, 6.07) is 9.13. The molecule has 1 fully saturated rings. The molecule has 1 aromatic carbocycles. The quantitative estimate of drug-likeness (QED) is 0.842. The molecule has 5 heteroatoms. The maximum Gasteiger partial charge on any atom is 0.231 e. The lowest BCUT2D eigenvalue weighted by Gasteiger charge is -2.09. The minimum absolute atomic E-state index is 0.0119. The van der Waals surface area contributed by atoms with Gasteiger partial charge in [-0.1, -0.05) is 18.2 Å². The van der Waals surface area contributed by atoms with Gasteiger partial charge in [0.05, 0.1) is 5.75 Å². The highest BCUT2D eigenvalue weighted by Gasteiger charge is 2.27. The van der Waals surface area contributed by atoms with E-state index in [1.54, 1.807) is 12.1 Å². The summed E-state index contributed by atoms with van der Waals surface area (Å²) in [6.45, 7) is -0.0119. The lowest BCUT2D eigenvalue weighted by Crippen LogP contribution is -2.34. The monoisotopic (exact) mass is 237 g/mol. The zero-order valence-corrected chi connectivity index (χ0v) is 9.33. The van der Waals surface area contributed by atoms with E-state index < -0.39 is 5.37 Å². The molecule has 84 valence electrons. The fourth-order valence-electron chi connectivity index (χ4n) is 1.31. The summed E-state index contributed by atoms with van der Waals surface area (Å²) >= 11 is 1.30. The lowest BCUT2D eigenvalue weighted by molar-refractivity contribution is -0.124. The topological polar surface area (TPSA) is 55.4 Å². The number of carbonyl (C=O) groups excluding carboxylic acids is 2. The molecule has 1 N–H and O–H groups in total. The standard InChI is InChI=1S/C11H11NO3S/c13-9(11-12-10(14)7-16-11)6-15-8-4-2-1-3-5-8/h1-5,11H,6-7H2,(H,12,14). The number of benzene rings is 1. The van der Waals surface area contributed by atoms with Crippen LogP contribution in [-0.4, -0.2) is 29.4 Å². The van der Waals surface area contributed by atoms with E-state index >= 15 is 0 Å². The van der Waals surface area contributed by atoms with Crippen molar-refractivity contribution in [3.8, 4) is 5.75 Å². The first kappa shape index (κ1) is 11.0. The molecule has 0 aliphatic carbocycles. The minimum atomic E-state index is -0.448. The van der Waals surface area contributed by atoms with Crippen LogP contribution in [0.15, 0.2) is 30.3 Å². The minimum Gasteiger partial charge on any atom is -0.486 e. The lowest BCUT2D eigenvalue weighted by atomic mass is 10.3. The van der Waals surface area contributed by atoms with Crippen LogP contribution < -0.4 is 10.1 Å². The van der Waals surface area contributed by atoms with Crippen LogP contribution >= 0.6 is 11.8 Å². The van der Waals surface area contributed by atoms with E-state index in [4.69, 9.17) is 4.74 Å². The molecule has 0 radical (unpaired) electrons. The van der Waals surface area contributed by atoms with Crippen LogP contribution in [0.5, 0.6) is 5.75 Å². The van der Waals surface area contributed by atoms with Gasteiger partial charge in [0.1, 0.15) is 17.7 Å². The average Bonchev–Trinajstić information content (AvgIpc) is 2.74. The van der Waals surface area contributed by atoms with Crippen LogP contribution in [-0.2, 0) is 9.59 Å². The van der Waals surface area contributed by atoms with Crippen LogP contribution in [0.25, 0.3) is 0 Å². The Hall–Kier alpha value is -1.49. The van der Waals surface area contributed by atoms with E-state index in [2.05, 4.69) is 5.32 Å². The zero-order valence-electron chi connectivity index (χ0n) is 8.51. The van der Waals surface area contributed by atoms with Crippen LogP contribution in [0.3, 0.4) is 0 Å². The van der Waals surface area contributed by atoms with Gasteiger partial charge in [0.2, 0.25) is 11.7 Å². The Balaban J connectivity index is 1.82. The largest absolute Gasteiger partial charge is 0.486 e. The number of carbonyl (C=O) groups is 2. The molecule has 2 rings (SSSR count). The van der Waals surface area contributed by atoms with Crippen molar-refractivity contribution < 1.29 is 14.3 Å². The molecule has 1 amide bonds. The van der Waals surface area contributed by atoms with Gasteiger partial charge in [0.25, 0.3) is 0 Å². The van der Waals surface area contributed by atoms with E-state index in [0.717, 1.165) is 0 Å². The van der Waals surface area contributed by atoms with Crippen molar-refractivity contribution in [1.29, 1.82) is 0 Å². The number of nitrogens with one attached hydrogen (secondary N) is 1. The molecular weight excluding hydrogens is 226 g/mol. The highest BCUT2D eigenvalue weighted by Crippen LogP contribution is 2.16. The molecule has 0 bridgehead atoms. The van der Waals surface area contributed by atoms with Gasteiger partial charge in [-0.25, -0.2) is 0 Å². The Kier molecular flexibility index (Phi) is 3.46.